The van der Waals surface area contributed by atoms with Crippen molar-refractivity contribution in [1.29, 1.82) is 0 Å². The van der Waals surface area contributed by atoms with Gasteiger partial charge >= 0.3 is 23.9 Å². The minimum absolute atomic E-state index is 0.0198. The first kappa shape index (κ1) is 34.7. The number of carbonyl (C=O) groups is 7. The number of hydrogen-bond donors (Lipinski definition) is 3. The summed E-state index contributed by atoms with van der Waals surface area (Å²) in [5, 5.41) is 7.30. The van der Waals surface area contributed by atoms with E-state index in [9.17, 15) is 33.6 Å². The van der Waals surface area contributed by atoms with Crippen LogP contribution in [0.4, 0.5) is 17.1 Å². The summed E-state index contributed by atoms with van der Waals surface area (Å²) in [5.41, 5.74) is -2.04. The minimum Gasteiger partial charge on any atom is -0.463 e. The number of hydrogen-bond acceptors (Lipinski definition) is 11. The molecule has 0 fully saturated rings. The van der Waals surface area contributed by atoms with Crippen molar-refractivity contribution < 1.29 is 52.5 Å². The van der Waals surface area contributed by atoms with Gasteiger partial charge in [-0.1, -0.05) is 67.8 Å². The van der Waals surface area contributed by atoms with Crippen LogP contribution in [0.5, 0.6) is 0 Å². The average molecular weight is 887 g/mol. The number of benzene rings is 1. The molecule has 0 aliphatic rings. The second-order valence-electron chi connectivity index (χ2n) is 6.90. The van der Waals surface area contributed by atoms with Gasteiger partial charge in [0, 0.05) is 0 Å². The van der Waals surface area contributed by atoms with Crippen molar-refractivity contribution in [3.63, 3.8) is 0 Å². The van der Waals surface area contributed by atoms with Crippen LogP contribution in [0.2, 0.25) is 0 Å². The molecule has 3 N–H and O–H groups in total. The highest BCUT2D eigenvalue weighted by molar-refractivity contribution is 14.1. The molecule has 214 valence electrons. The molecule has 14 nitrogen and oxygen atoms in total. The van der Waals surface area contributed by atoms with E-state index in [2.05, 4.69) is 16.0 Å². The fourth-order valence-electron chi connectivity index (χ4n) is 2.77. The lowest BCUT2D eigenvalue weighted by atomic mass is 10.0. The van der Waals surface area contributed by atoms with Crippen LogP contribution in [0.3, 0.4) is 0 Å². The van der Waals surface area contributed by atoms with Gasteiger partial charge in [-0.05, 0) is 19.9 Å². The fraction of sp³-hybridized carbons (Fsp3) is 0.409. The molecule has 0 spiro atoms. The number of ether oxygens (including phenoxy) is 4. The summed E-state index contributed by atoms with van der Waals surface area (Å²) >= 11 is 5.26. The van der Waals surface area contributed by atoms with Gasteiger partial charge in [-0.3, -0.25) is 14.4 Å². The highest BCUT2D eigenvalue weighted by Crippen LogP contribution is 2.37. The van der Waals surface area contributed by atoms with Gasteiger partial charge in [0.25, 0.3) is 0 Å². The Morgan fingerprint density at radius 1 is 0.615 bits per heavy atom. The van der Waals surface area contributed by atoms with Crippen LogP contribution < -0.4 is 16.0 Å². The van der Waals surface area contributed by atoms with Gasteiger partial charge in [-0.2, -0.15) is 0 Å². The van der Waals surface area contributed by atoms with Crippen LogP contribution in [0, 0.1) is 0 Å². The Hall–Kier alpha value is -2.30. The zero-order valence-corrected chi connectivity index (χ0v) is 27.1. The van der Waals surface area contributed by atoms with E-state index in [1.807, 2.05) is 0 Å². The van der Waals surface area contributed by atoms with Gasteiger partial charge in [-0.25, -0.2) is 19.2 Å². The standard InChI is InChI=1S/C22H24I3N3O11/c1-3-36-16(32)9-38-21(34)18-11(26-13(29)6-23)5-12(27-14(30)7-24)19(20(18)28-15(31)8-25)22(35)39-10-17(33)37-4-2/h5H,3-4,6-10H2,1-2H3,(H,26,29)(H,27,30)(H,28,31). The lowest BCUT2D eigenvalue weighted by Gasteiger charge is -2.21. The molecule has 0 unspecified atom stereocenters. The van der Waals surface area contributed by atoms with Crippen molar-refractivity contribution in [2.75, 3.05) is 55.7 Å². The monoisotopic (exact) mass is 887 g/mol. The highest BCUT2D eigenvalue weighted by Gasteiger charge is 2.31. The maximum atomic E-state index is 13.2. The van der Waals surface area contributed by atoms with Crippen molar-refractivity contribution >= 4 is 126 Å². The molecule has 0 atom stereocenters. The molecule has 0 bridgehead atoms. The molecule has 1 rings (SSSR count). The first-order valence-electron chi connectivity index (χ1n) is 11.0. The van der Waals surface area contributed by atoms with E-state index in [1.165, 1.54) is 0 Å². The molecule has 1 aromatic rings. The van der Waals surface area contributed by atoms with Gasteiger partial charge in [0.15, 0.2) is 13.2 Å². The Labute approximate surface area is 263 Å². The Balaban J connectivity index is 3.90. The number of alkyl halides is 3. The summed E-state index contributed by atoms with van der Waals surface area (Å²) in [6.45, 7) is 1.50. The Bertz CT molecular complexity index is 1050. The number of amides is 3. The van der Waals surface area contributed by atoms with Crippen molar-refractivity contribution in [2.45, 2.75) is 13.8 Å². The molecule has 39 heavy (non-hydrogen) atoms. The van der Waals surface area contributed by atoms with Crippen molar-refractivity contribution in [1.82, 2.24) is 0 Å². The maximum Gasteiger partial charge on any atom is 0.344 e. The van der Waals surface area contributed by atoms with E-state index in [1.54, 1.807) is 81.6 Å². The normalized spacial score (nSPS) is 10.1. The largest absolute Gasteiger partial charge is 0.463 e. The van der Waals surface area contributed by atoms with Gasteiger partial charge in [0.05, 0.1) is 43.6 Å². The predicted octanol–water partition coefficient (Wildman–Crippen LogP) is 2.25. The molecular weight excluding hydrogens is 863 g/mol. The molecule has 0 saturated heterocycles. The molecule has 0 aliphatic heterocycles. The van der Waals surface area contributed by atoms with E-state index < -0.39 is 71.6 Å². The average Bonchev–Trinajstić information content (AvgIpc) is 2.90. The number of halogens is 3. The summed E-state index contributed by atoms with van der Waals surface area (Å²) in [7, 11) is 0. The van der Waals surface area contributed by atoms with E-state index in [4.69, 9.17) is 18.9 Å². The molecule has 0 saturated carbocycles. The van der Waals surface area contributed by atoms with Crippen molar-refractivity contribution in [3.8, 4) is 0 Å². The number of nitrogens with one attached hydrogen (secondary N) is 3. The third-order valence-electron chi connectivity index (χ3n) is 4.17. The summed E-state index contributed by atoms with van der Waals surface area (Å²) in [5.74, 6) is -6.03. The highest BCUT2D eigenvalue weighted by atomic mass is 127. The molecule has 3 amide bonds. The van der Waals surface area contributed by atoms with Crippen LogP contribution in [0.1, 0.15) is 34.6 Å². The van der Waals surface area contributed by atoms with Gasteiger partial charge in [0.1, 0.15) is 11.1 Å². The van der Waals surface area contributed by atoms with E-state index in [-0.39, 0.29) is 37.9 Å². The van der Waals surface area contributed by atoms with Crippen LogP contribution in [-0.2, 0) is 42.9 Å². The zero-order chi connectivity index (χ0) is 29.5. The molecule has 0 radical (unpaired) electrons. The molecular formula is C22H24I3N3O11. The first-order valence-corrected chi connectivity index (χ1v) is 15.5. The zero-order valence-electron chi connectivity index (χ0n) is 20.7. The predicted molar refractivity (Wildman–Crippen MR) is 163 cm³/mol. The summed E-state index contributed by atoms with van der Waals surface area (Å²) in [6.07, 6.45) is 0. The lowest BCUT2D eigenvalue weighted by molar-refractivity contribution is -0.147. The maximum absolute atomic E-state index is 13.2. The molecule has 1 aromatic carbocycles. The molecule has 0 heterocycles. The Morgan fingerprint density at radius 3 is 1.31 bits per heavy atom. The molecule has 0 aromatic heterocycles. The minimum atomic E-state index is -1.22. The number of rotatable bonds is 14. The summed E-state index contributed by atoms with van der Waals surface area (Å²) in [4.78, 5) is 87.0. The van der Waals surface area contributed by atoms with Gasteiger partial charge < -0.3 is 34.9 Å². The summed E-state index contributed by atoms with van der Waals surface area (Å²) < 4.78 is 19.3. The Morgan fingerprint density at radius 2 is 0.974 bits per heavy atom. The number of anilines is 3. The summed E-state index contributed by atoms with van der Waals surface area (Å²) in [6, 6.07) is 1.09. The van der Waals surface area contributed by atoms with E-state index in [0.29, 0.717) is 0 Å². The lowest BCUT2D eigenvalue weighted by Crippen LogP contribution is -2.27. The van der Waals surface area contributed by atoms with Gasteiger partial charge in [-0.15, -0.1) is 0 Å². The van der Waals surface area contributed by atoms with E-state index in [0.717, 1.165) is 6.07 Å². The topological polar surface area (TPSA) is 192 Å². The van der Waals surface area contributed by atoms with Crippen LogP contribution in [0.15, 0.2) is 6.07 Å². The van der Waals surface area contributed by atoms with E-state index >= 15 is 0 Å². The second-order valence-corrected chi connectivity index (χ2v) is 9.19. The quantitative estimate of drug-likeness (QED) is 0.108. The van der Waals surface area contributed by atoms with Crippen LogP contribution in [0.25, 0.3) is 0 Å². The fourth-order valence-corrected chi connectivity index (χ4v) is 3.34. The van der Waals surface area contributed by atoms with Crippen LogP contribution in [-0.4, -0.2) is 81.3 Å². The van der Waals surface area contributed by atoms with Crippen LogP contribution >= 0.6 is 67.8 Å². The Kier molecular flexibility index (Phi) is 16.1. The first-order chi connectivity index (χ1) is 18.5. The van der Waals surface area contributed by atoms with Crippen molar-refractivity contribution in [3.05, 3.63) is 17.2 Å². The SMILES string of the molecule is CCOC(=O)COC(=O)c1c(NC(=O)CI)cc(NC(=O)CI)c(C(=O)OCC(=O)OCC)c1NC(=O)CI. The third kappa shape index (κ3) is 11.4. The number of esters is 4. The van der Waals surface area contributed by atoms with Crippen molar-refractivity contribution in [2.24, 2.45) is 0 Å². The molecule has 17 heteroatoms. The third-order valence-corrected chi connectivity index (χ3v) is 6.24. The number of carbonyl (C=O) groups excluding carboxylic acids is 7. The van der Waals surface area contributed by atoms with Gasteiger partial charge in [0.2, 0.25) is 17.7 Å². The smallest absolute Gasteiger partial charge is 0.344 e. The molecule has 0 aliphatic carbocycles. The second kappa shape index (κ2) is 18.1.